The Morgan fingerprint density at radius 1 is 1.11 bits per heavy atom. The van der Waals surface area contributed by atoms with Gasteiger partial charge in [-0.3, -0.25) is 4.79 Å². The van der Waals surface area contributed by atoms with E-state index < -0.39 is 18.0 Å². The lowest BCUT2D eigenvalue weighted by molar-refractivity contribution is -0.123. The molecule has 7 heteroatoms. The standard InChI is InChI=1S/C20H20O7/c1-11(12(2)21)19(13-5-7-16-18(8-13)26-10-25-16)27-20(23)14-4-6-15(22)17(9-14)24-3/h4-9,11,19,22H,10H2,1-3H3. The Morgan fingerprint density at radius 3 is 2.56 bits per heavy atom. The van der Waals surface area contributed by atoms with Crippen LogP contribution >= 0.6 is 0 Å². The van der Waals surface area contributed by atoms with Gasteiger partial charge in [-0.15, -0.1) is 0 Å². The van der Waals surface area contributed by atoms with Crippen LogP contribution in [0.2, 0.25) is 0 Å². The number of Topliss-reactive ketones (excluding diaryl/α,β-unsaturated/α-hetero) is 1. The molecule has 3 rings (SSSR count). The maximum Gasteiger partial charge on any atom is 0.338 e. The molecule has 0 amide bonds. The Morgan fingerprint density at radius 2 is 1.85 bits per heavy atom. The summed E-state index contributed by atoms with van der Waals surface area (Å²) in [5.41, 5.74) is 0.826. The number of methoxy groups -OCH3 is 1. The summed E-state index contributed by atoms with van der Waals surface area (Å²) in [6.45, 7) is 3.27. The number of ether oxygens (including phenoxy) is 4. The normalized spacial score (nSPS) is 14.3. The van der Waals surface area contributed by atoms with Crippen molar-refractivity contribution < 1.29 is 33.6 Å². The average Bonchev–Trinajstić information content (AvgIpc) is 3.13. The summed E-state index contributed by atoms with van der Waals surface area (Å²) < 4.78 is 21.3. The summed E-state index contributed by atoms with van der Waals surface area (Å²) in [6.07, 6.45) is -0.802. The van der Waals surface area contributed by atoms with Crippen LogP contribution in [-0.4, -0.2) is 30.8 Å². The van der Waals surface area contributed by atoms with Crippen LogP contribution in [-0.2, 0) is 9.53 Å². The van der Waals surface area contributed by atoms with E-state index in [0.29, 0.717) is 17.1 Å². The highest BCUT2D eigenvalue weighted by atomic mass is 16.7. The van der Waals surface area contributed by atoms with Crippen LogP contribution in [0.3, 0.4) is 0 Å². The second kappa shape index (κ2) is 7.57. The van der Waals surface area contributed by atoms with Gasteiger partial charge in [-0.2, -0.15) is 0 Å². The lowest BCUT2D eigenvalue weighted by atomic mass is 9.93. The third-order valence-corrected chi connectivity index (χ3v) is 4.47. The number of fused-ring (bicyclic) bond motifs is 1. The Kier molecular flexibility index (Phi) is 5.21. The number of phenols is 1. The predicted molar refractivity (Wildman–Crippen MR) is 95.2 cm³/mol. The van der Waals surface area contributed by atoms with E-state index in [4.69, 9.17) is 18.9 Å². The topological polar surface area (TPSA) is 91.3 Å². The van der Waals surface area contributed by atoms with Gasteiger partial charge < -0.3 is 24.1 Å². The molecule has 0 bridgehead atoms. The van der Waals surface area contributed by atoms with E-state index in [0.717, 1.165) is 0 Å². The summed E-state index contributed by atoms with van der Waals surface area (Å²) in [4.78, 5) is 24.6. The summed E-state index contributed by atoms with van der Waals surface area (Å²) >= 11 is 0. The Hall–Kier alpha value is -3.22. The molecule has 0 fully saturated rings. The Bertz CT molecular complexity index is 875. The van der Waals surface area contributed by atoms with Gasteiger partial charge in [0.15, 0.2) is 23.0 Å². The summed E-state index contributed by atoms with van der Waals surface area (Å²) in [6, 6.07) is 9.32. The van der Waals surface area contributed by atoms with Gasteiger partial charge in [0, 0.05) is 0 Å². The highest BCUT2D eigenvalue weighted by Crippen LogP contribution is 2.37. The van der Waals surface area contributed by atoms with Crippen molar-refractivity contribution in [3.05, 3.63) is 47.5 Å². The highest BCUT2D eigenvalue weighted by molar-refractivity contribution is 5.91. The fraction of sp³-hybridized carbons (Fsp3) is 0.300. The van der Waals surface area contributed by atoms with Crippen molar-refractivity contribution in [3.63, 3.8) is 0 Å². The molecule has 0 aromatic heterocycles. The van der Waals surface area contributed by atoms with Crippen molar-refractivity contribution in [2.75, 3.05) is 13.9 Å². The lowest BCUT2D eigenvalue weighted by Gasteiger charge is -2.23. The van der Waals surface area contributed by atoms with Crippen LogP contribution in [0.4, 0.5) is 0 Å². The van der Waals surface area contributed by atoms with Crippen molar-refractivity contribution in [1.29, 1.82) is 0 Å². The number of esters is 1. The van der Waals surface area contributed by atoms with Crippen molar-refractivity contribution in [2.45, 2.75) is 20.0 Å². The molecule has 0 spiro atoms. The first-order valence-electron chi connectivity index (χ1n) is 8.38. The van der Waals surface area contributed by atoms with Gasteiger partial charge in [-0.05, 0) is 42.8 Å². The predicted octanol–water partition coefficient (Wildman–Crippen LogP) is 3.25. The summed E-state index contributed by atoms with van der Waals surface area (Å²) in [5.74, 6) is -0.105. The van der Waals surface area contributed by atoms with Gasteiger partial charge in [0.2, 0.25) is 6.79 Å². The molecule has 7 nitrogen and oxygen atoms in total. The molecule has 1 aliphatic rings. The van der Waals surface area contributed by atoms with Crippen LogP contribution in [0.15, 0.2) is 36.4 Å². The van der Waals surface area contributed by atoms with Crippen molar-refractivity contribution in [2.24, 2.45) is 5.92 Å². The quantitative estimate of drug-likeness (QED) is 0.778. The Balaban J connectivity index is 1.90. The molecular formula is C20H20O7. The van der Waals surface area contributed by atoms with Crippen LogP contribution in [0.1, 0.15) is 35.9 Å². The third-order valence-electron chi connectivity index (χ3n) is 4.47. The van der Waals surface area contributed by atoms with Crippen molar-refractivity contribution in [1.82, 2.24) is 0 Å². The van der Waals surface area contributed by atoms with Crippen molar-refractivity contribution >= 4 is 11.8 Å². The number of carbonyl (C=O) groups excluding carboxylic acids is 2. The van der Waals surface area contributed by atoms with Gasteiger partial charge in [0.1, 0.15) is 11.9 Å². The SMILES string of the molecule is COc1cc(C(=O)OC(c2ccc3c(c2)OCO3)C(C)C(C)=O)ccc1O. The first-order valence-corrected chi connectivity index (χ1v) is 8.38. The molecule has 1 aliphatic heterocycles. The maximum absolute atomic E-state index is 12.6. The minimum Gasteiger partial charge on any atom is -0.504 e. The zero-order valence-electron chi connectivity index (χ0n) is 15.2. The number of ketones is 1. The molecule has 2 aromatic rings. The minimum absolute atomic E-state index is 0.0847. The van der Waals surface area contributed by atoms with E-state index in [9.17, 15) is 14.7 Å². The van der Waals surface area contributed by atoms with E-state index in [1.807, 2.05) is 0 Å². The molecule has 27 heavy (non-hydrogen) atoms. The number of rotatable bonds is 6. The number of hydrogen-bond donors (Lipinski definition) is 1. The van der Waals surface area contributed by atoms with Crippen LogP contribution < -0.4 is 14.2 Å². The van der Waals surface area contributed by atoms with E-state index in [2.05, 4.69) is 0 Å². The molecule has 2 aromatic carbocycles. The van der Waals surface area contributed by atoms with E-state index in [-0.39, 0.29) is 29.6 Å². The number of phenolic OH excluding ortho intramolecular Hbond substituents is 1. The van der Waals surface area contributed by atoms with E-state index >= 15 is 0 Å². The monoisotopic (exact) mass is 372 g/mol. The fourth-order valence-corrected chi connectivity index (χ4v) is 2.75. The summed E-state index contributed by atoms with van der Waals surface area (Å²) in [5, 5.41) is 9.68. The van der Waals surface area contributed by atoms with Gasteiger partial charge >= 0.3 is 5.97 Å². The van der Waals surface area contributed by atoms with E-state index in [1.165, 1.54) is 32.2 Å². The molecule has 0 saturated carbocycles. The molecule has 0 radical (unpaired) electrons. The first kappa shape index (κ1) is 18.6. The third kappa shape index (κ3) is 3.81. The zero-order chi connectivity index (χ0) is 19.6. The molecule has 1 N–H and O–H groups in total. The minimum atomic E-state index is -0.802. The highest BCUT2D eigenvalue weighted by Gasteiger charge is 2.29. The number of hydrogen-bond acceptors (Lipinski definition) is 7. The second-order valence-corrected chi connectivity index (χ2v) is 6.22. The van der Waals surface area contributed by atoms with Crippen LogP contribution in [0, 0.1) is 5.92 Å². The number of carbonyl (C=O) groups is 2. The van der Waals surface area contributed by atoms with E-state index in [1.54, 1.807) is 25.1 Å². The van der Waals surface area contributed by atoms with Gasteiger partial charge in [-0.25, -0.2) is 4.79 Å². The molecular weight excluding hydrogens is 352 g/mol. The first-order chi connectivity index (χ1) is 12.9. The van der Waals surface area contributed by atoms with Gasteiger partial charge in [0.25, 0.3) is 0 Å². The molecule has 142 valence electrons. The zero-order valence-corrected chi connectivity index (χ0v) is 15.2. The number of benzene rings is 2. The molecule has 1 heterocycles. The number of aromatic hydroxyl groups is 1. The van der Waals surface area contributed by atoms with Gasteiger partial charge in [-0.1, -0.05) is 13.0 Å². The second-order valence-electron chi connectivity index (χ2n) is 6.22. The average molecular weight is 372 g/mol. The lowest BCUT2D eigenvalue weighted by Crippen LogP contribution is -2.23. The molecule has 2 atom stereocenters. The molecule has 0 aliphatic carbocycles. The largest absolute Gasteiger partial charge is 0.504 e. The smallest absolute Gasteiger partial charge is 0.338 e. The fourth-order valence-electron chi connectivity index (χ4n) is 2.75. The van der Waals surface area contributed by atoms with Crippen LogP contribution in [0.25, 0.3) is 0 Å². The molecule has 2 unspecified atom stereocenters. The van der Waals surface area contributed by atoms with Gasteiger partial charge in [0.05, 0.1) is 18.6 Å². The molecule has 0 saturated heterocycles. The van der Waals surface area contributed by atoms with Crippen LogP contribution in [0.5, 0.6) is 23.0 Å². The van der Waals surface area contributed by atoms with Crippen molar-refractivity contribution in [3.8, 4) is 23.0 Å². The summed E-state index contributed by atoms with van der Waals surface area (Å²) in [7, 11) is 1.39. The maximum atomic E-state index is 12.6. The Labute approximate surface area is 156 Å².